The number of hydrogen-bond donors (Lipinski definition) is 1. The molecular weight excluding hydrogens is 278 g/mol. The van der Waals surface area contributed by atoms with Crippen LogP contribution in [0.25, 0.3) is 0 Å². The van der Waals surface area contributed by atoms with Crippen LogP contribution in [0.3, 0.4) is 0 Å². The molecule has 1 aliphatic rings. The summed E-state index contributed by atoms with van der Waals surface area (Å²) in [5.41, 5.74) is 0.606. The van der Waals surface area contributed by atoms with E-state index < -0.39 is 16.0 Å². The number of aliphatic carboxylic acids is 1. The van der Waals surface area contributed by atoms with Gasteiger partial charge in [0.05, 0.1) is 11.3 Å². The quantitative estimate of drug-likeness (QED) is 0.918. The second kappa shape index (κ2) is 5.18. The summed E-state index contributed by atoms with van der Waals surface area (Å²) in [5, 5.41) is 8.70. The van der Waals surface area contributed by atoms with E-state index in [0.717, 1.165) is 6.42 Å². The maximum atomic E-state index is 12.5. The lowest BCUT2D eigenvalue weighted by Gasteiger charge is -2.19. The summed E-state index contributed by atoms with van der Waals surface area (Å²) in [5.74, 6) is -0.929. The van der Waals surface area contributed by atoms with E-state index in [9.17, 15) is 13.2 Å². The van der Waals surface area contributed by atoms with Crippen molar-refractivity contribution in [2.45, 2.75) is 31.6 Å². The van der Waals surface area contributed by atoms with Gasteiger partial charge >= 0.3 is 5.97 Å². The van der Waals surface area contributed by atoms with Crippen molar-refractivity contribution in [3.05, 3.63) is 29.8 Å². The Balaban J connectivity index is 2.20. The minimum Gasteiger partial charge on any atom is -0.481 e. The normalized spacial score (nSPS) is 19.1. The first kappa shape index (κ1) is 15.0. The average molecular weight is 297 g/mol. The molecule has 1 aromatic carbocycles. The van der Waals surface area contributed by atoms with Gasteiger partial charge in [0.2, 0.25) is 10.0 Å². The largest absolute Gasteiger partial charge is 0.481 e. The zero-order valence-electron chi connectivity index (χ0n) is 11.7. The molecule has 6 heteroatoms. The molecule has 0 aliphatic carbocycles. The Bertz CT molecular complexity index is 605. The molecule has 5 nitrogen and oxygen atoms in total. The predicted octanol–water partition coefficient (Wildman–Crippen LogP) is 1.73. The lowest BCUT2D eigenvalue weighted by molar-refractivity contribution is -0.136. The average Bonchev–Trinajstić information content (AvgIpc) is 2.70. The van der Waals surface area contributed by atoms with Crippen molar-refractivity contribution in [1.82, 2.24) is 4.31 Å². The third kappa shape index (κ3) is 3.19. The summed E-state index contributed by atoms with van der Waals surface area (Å²) in [4.78, 5) is 10.8. The van der Waals surface area contributed by atoms with Gasteiger partial charge in [0.15, 0.2) is 0 Å². The predicted molar refractivity (Wildman–Crippen MR) is 74.9 cm³/mol. The lowest BCUT2D eigenvalue weighted by Crippen LogP contribution is -2.30. The van der Waals surface area contributed by atoms with Crippen molar-refractivity contribution in [1.29, 1.82) is 0 Å². The third-order valence-corrected chi connectivity index (χ3v) is 5.42. The van der Waals surface area contributed by atoms with Gasteiger partial charge < -0.3 is 5.11 Å². The highest BCUT2D eigenvalue weighted by Crippen LogP contribution is 2.32. The Hall–Kier alpha value is -1.40. The molecule has 1 N–H and O–H groups in total. The lowest BCUT2D eigenvalue weighted by atomic mass is 9.93. The Kier molecular flexibility index (Phi) is 3.88. The summed E-state index contributed by atoms with van der Waals surface area (Å²) in [6.07, 6.45) is 0.750. The van der Waals surface area contributed by atoms with E-state index in [1.807, 2.05) is 0 Å². The van der Waals surface area contributed by atoms with Crippen LogP contribution in [0.2, 0.25) is 0 Å². The summed E-state index contributed by atoms with van der Waals surface area (Å²) in [7, 11) is -3.47. The molecule has 0 aromatic heterocycles. The van der Waals surface area contributed by atoms with Crippen LogP contribution in [0, 0.1) is 5.41 Å². The van der Waals surface area contributed by atoms with Gasteiger partial charge in [-0.1, -0.05) is 26.0 Å². The van der Waals surface area contributed by atoms with Crippen LogP contribution in [-0.4, -0.2) is 36.9 Å². The first-order valence-corrected chi connectivity index (χ1v) is 7.96. The SMILES string of the molecule is CC1(C)CCN(S(=O)(=O)c2ccc(CC(=O)O)cc2)C1. The fourth-order valence-corrected chi connectivity index (χ4v) is 4.00. The molecule has 1 aliphatic heterocycles. The van der Waals surface area contributed by atoms with Crippen molar-refractivity contribution in [3.63, 3.8) is 0 Å². The molecule has 0 bridgehead atoms. The Morgan fingerprint density at radius 2 is 1.90 bits per heavy atom. The molecule has 0 saturated carbocycles. The number of carbonyl (C=O) groups is 1. The van der Waals surface area contributed by atoms with Gasteiger partial charge in [0, 0.05) is 13.1 Å². The molecule has 0 amide bonds. The molecule has 0 atom stereocenters. The molecule has 1 fully saturated rings. The Morgan fingerprint density at radius 3 is 2.35 bits per heavy atom. The molecule has 0 spiro atoms. The van der Waals surface area contributed by atoms with Crippen LogP contribution in [0.1, 0.15) is 25.8 Å². The van der Waals surface area contributed by atoms with Crippen LogP contribution >= 0.6 is 0 Å². The highest BCUT2D eigenvalue weighted by Gasteiger charge is 2.36. The van der Waals surface area contributed by atoms with E-state index >= 15 is 0 Å². The van der Waals surface area contributed by atoms with Gasteiger partial charge in [0.1, 0.15) is 0 Å². The van der Waals surface area contributed by atoms with Gasteiger partial charge in [-0.05, 0) is 29.5 Å². The number of carboxylic acid groups (broad SMARTS) is 1. The van der Waals surface area contributed by atoms with Crippen molar-refractivity contribution in [2.75, 3.05) is 13.1 Å². The molecule has 110 valence electrons. The van der Waals surface area contributed by atoms with Crippen LogP contribution in [0.5, 0.6) is 0 Å². The standard InChI is InChI=1S/C14H19NO4S/c1-14(2)7-8-15(10-14)20(18,19)12-5-3-11(4-6-12)9-13(16)17/h3-6H,7-10H2,1-2H3,(H,16,17). The van der Waals surface area contributed by atoms with Crippen molar-refractivity contribution in [2.24, 2.45) is 5.41 Å². The maximum absolute atomic E-state index is 12.5. The molecule has 0 radical (unpaired) electrons. The van der Waals surface area contributed by atoms with E-state index in [0.29, 0.717) is 18.7 Å². The Labute approximate surface area is 119 Å². The fourth-order valence-electron chi connectivity index (χ4n) is 2.37. The summed E-state index contributed by atoms with van der Waals surface area (Å²) in [6.45, 7) is 5.16. The van der Waals surface area contributed by atoms with Gasteiger partial charge in [0.25, 0.3) is 0 Å². The van der Waals surface area contributed by atoms with E-state index in [2.05, 4.69) is 13.8 Å². The number of hydrogen-bond acceptors (Lipinski definition) is 3. The zero-order chi connectivity index (χ0) is 15.0. The maximum Gasteiger partial charge on any atom is 0.307 e. The number of nitrogens with zero attached hydrogens (tertiary/aromatic N) is 1. The highest BCUT2D eigenvalue weighted by atomic mass is 32.2. The fraction of sp³-hybridized carbons (Fsp3) is 0.500. The van der Waals surface area contributed by atoms with Crippen LogP contribution < -0.4 is 0 Å². The van der Waals surface area contributed by atoms with Crippen LogP contribution in [0.15, 0.2) is 29.2 Å². The monoisotopic (exact) mass is 297 g/mol. The van der Waals surface area contributed by atoms with E-state index in [-0.39, 0.29) is 16.7 Å². The molecule has 20 heavy (non-hydrogen) atoms. The number of sulfonamides is 1. The van der Waals surface area contributed by atoms with Crippen molar-refractivity contribution < 1.29 is 18.3 Å². The van der Waals surface area contributed by atoms with Gasteiger partial charge in [-0.2, -0.15) is 4.31 Å². The highest BCUT2D eigenvalue weighted by molar-refractivity contribution is 7.89. The van der Waals surface area contributed by atoms with Crippen LogP contribution in [0.4, 0.5) is 0 Å². The van der Waals surface area contributed by atoms with Gasteiger partial charge in [-0.25, -0.2) is 8.42 Å². The minimum atomic E-state index is -3.47. The van der Waals surface area contributed by atoms with E-state index in [1.165, 1.54) is 16.4 Å². The second-order valence-corrected chi connectivity index (χ2v) is 7.91. The summed E-state index contributed by atoms with van der Waals surface area (Å²) < 4.78 is 26.4. The molecule has 1 aromatic rings. The van der Waals surface area contributed by atoms with E-state index in [4.69, 9.17) is 5.11 Å². The third-order valence-electron chi connectivity index (χ3n) is 3.56. The molecule has 0 unspecified atom stereocenters. The topological polar surface area (TPSA) is 74.7 Å². The molecule has 1 saturated heterocycles. The Morgan fingerprint density at radius 1 is 1.30 bits per heavy atom. The molecular formula is C14H19NO4S. The smallest absolute Gasteiger partial charge is 0.307 e. The van der Waals surface area contributed by atoms with Crippen molar-refractivity contribution in [3.8, 4) is 0 Å². The minimum absolute atomic E-state index is 0.0102. The summed E-state index contributed by atoms with van der Waals surface area (Å²) in [6, 6.07) is 6.09. The first-order chi connectivity index (χ1) is 9.21. The molecule has 2 rings (SSSR count). The number of carboxylic acids is 1. The van der Waals surface area contributed by atoms with Gasteiger partial charge in [-0.3, -0.25) is 4.79 Å². The zero-order valence-corrected chi connectivity index (χ0v) is 12.5. The van der Waals surface area contributed by atoms with Crippen molar-refractivity contribution >= 4 is 16.0 Å². The first-order valence-electron chi connectivity index (χ1n) is 6.52. The molecule has 1 heterocycles. The van der Waals surface area contributed by atoms with E-state index in [1.54, 1.807) is 12.1 Å². The second-order valence-electron chi connectivity index (χ2n) is 5.97. The summed E-state index contributed by atoms with van der Waals surface area (Å²) >= 11 is 0. The number of benzene rings is 1. The van der Waals surface area contributed by atoms with Crippen LogP contribution in [-0.2, 0) is 21.2 Å². The number of rotatable bonds is 4. The van der Waals surface area contributed by atoms with Gasteiger partial charge in [-0.15, -0.1) is 0 Å².